The molecule has 2 heterocycles. The molecule has 18 heavy (non-hydrogen) atoms. The summed E-state index contributed by atoms with van der Waals surface area (Å²) in [5.74, 6) is 0. The molecule has 0 aromatic carbocycles. The molecule has 0 bridgehead atoms. The molecule has 98 valence electrons. The zero-order chi connectivity index (χ0) is 13.4. The van der Waals surface area contributed by atoms with Crippen molar-refractivity contribution in [3.05, 3.63) is 18.0 Å². The average Bonchev–Trinajstić information content (AvgIpc) is 2.59. The first-order chi connectivity index (χ1) is 8.35. The Bertz CT molecular complexity index is 470. The fraction of sp³-hybridized carbons (Fsp3) is 0.600. The second-order valence-electron chi connectivity index (χ2n) is 4.36. The number of alkyl halides is 3. The van der Waals surface area contributed by atoms with E-state index in [-0.39, 0.29) is 31.5 Å². The van der Waals surface area contributed by atoms with Crippen LogP contribution in [0.2, 0.25) is 0 Å². The number of halogens is 3. The first-order valence-electron chi connectivity index (χ1n) is 5.24. The number of aromatic nitrogens is 2. The summed E-state index contributed by atoms with van der Waals surface area (Å²) in [5, 5.41) is 12.9. The van der Waals surface area contributed by atoms with Gasteiger partial charge in [-0.2, -0.15) is 23.5 Å². The van der Waals surface area contributed by atoms with E-state index in [0.29, 0.717) is 0 Å². The Morgan fingerprint density at radius 3 is 2.67 bits per heavy atom. The Balaban J connectivity index is 2.08. The Kier molecular flexibility index (Phi) is 3.29. The quantitative estimate of drug-likeness (QED) is 0.795. The van der Waals surface area contributed by atoms with Gasteiger partial charge in [-0.3, -0.25) is 4.68 Å². The molecule has 1 aromatic rings. The zero-order valence-electron chi connectivity index (χ0n) is 9.61. The van der Waals surface area contributed by atoms with Gasteiger partial charge in [0.15, 0.2) is 0 Å². The van der Waals surface area contributed by atoms with Gasteiger partial charge in [-0.15, -0.1) is 0 Å². The second-order valence-corrected chi connectivity index (χ2v) is 5.52. The van der Waals surface area contributed by atoms with E-state index in [0.717, 1.165) is 5.56 Å². The maximum atomic E-state index is 12.2. The standard InChI is InChI=1S/C10H11F3N4S/c1-8-4-15-17(5-8)9(2-3-14)6-16(7-9)18-10(11,12)13/h4-5H,2,6-7H2,1H3. The van der Waals surface area contributed by atoms with Crippen molar-refractivity contribution in [2.75, 3.05) is 13.1 Å². The summed E-state index contributed by atoms with van der Waals surface area (Å²) < 4.78 is 39.4. The van der Waals surface area contributed by atoms with Crippen LogP contribution < -0.4 is 0 Å². The van der Waals surface area contributed by atoms with E-state index in [1.165, 1.54) is 4.31 Å². The van der Waals surface area contributed by atoms with E-state index in [4.69, 9.17) is 5.26 Å². The summed E-state index contributed by atoms with van der Waals surface area (Å²) in [4.78, 5) is 0. The maximum Gasteiger partial charge on any atom is 0.456 e. The van der Waals surface area contributed by atoms with Crippen molar-refractivity contribution in [3.63, 3.8) is 0 Å². The van der Waals surface area contributed by atoms with Crippen LogP contribution in [0.25, 0.3) is 0 Å². The highest BCUT2D eigenvalue weighted by Crippen LogP contribution is 2.42. The van der Waals surface area contributed by atoms with Crippen molar-refractivity contribution in [2.45, 2.75) is 24.4 Å². The third-order valence-electron chi connectivity index (χ3n) is 2.78. The molecule has 1 fully saturated rings. The van der Waals surface area contributed by atoms with Gasteiger partial charge < -0.3 is 0 Å². The van der Waals surface area contributed by atoms with Gasteiger partial charge >= 0.3 is 5.51 Å². The van der Waals surface area contributed by atoms with Crippen molar-refractivity contribution < 1.29 is 13.2 Å². The summed E-state index contributed by atoms with van der Waals surface area (Å²) in [5.41, 5.74) is -3.98. The second kappa shape index (κ2) is 4.48. The number of aryl methyl sites for hydroxylation is 1. The monoisotopic (exact) mass is 276 g/mol. The molecule has 4 nitrogen and oxygen atoms in total. The van der Waals surface area contributed by atoms with Crippen molar-refractivity contribution in [2.24, 2.45) is 0 Å². The van der Waals surface area contributed by atoms with Gasteiger partial charge in [0.05, 0.1) is 18.7 Å². The van der Waals surface area contributed by atoms with Crippen molar-refractivity contribution >= 4 is 11.9 Å². The Hall–Kier alpha value is -1.20. The maximum absolute atomic E-state index is 12.2. The van der Waals surface area contributed by atoms with Gasteiger partial charge in [0, 0.05) is 31.2 Å². The SMILES string of the molecule is Cc1cnn(C2(CC#N)CN(SC(F)(F)F)C2)c1. The summed E-state index contributed by atoms with van der Waals surface area (Å²) >= 11 is -0.144. The van der Waals surface area contributed by atoms with Crippen LogP contribution >= 0.6 is 11.9 Å². The predicted octanol–water partition coefficient (Wildman–Crippen LogP) is 2.28. The van der Waals surface area contributed by atoms with Gasteiger partial charge in [0.2, 0.25) is 0 Å². The van der Waals surface area contributed by atoms with Gasteiger partial charge in [-0.1, -0.05) is 0 Å². The fourth-order valence-corrected chi connectivity index (χ4v) is 2.88. The molecule has 0 N–H and O–H groups in total. The first kappa shape index (κ1) is 13.2. The van der Waals surface area contributed by atoms with Crippen LogP contribution in [0.4, 0.5) is 13.2 Å². The molecule has 0 saturated carbocycles. The minimum Gasteiger partial charge on any atom is -0.263 e. The lowest BCUT2D eigenvalue weighted by atomic mass is 9.89. The number of hydrogen-bond donors (Lipinski definition) is 0. The lowest BCUT2D eigenvalue weighted by molar-refractivity contribution is -0.0417. The van der Waals surface area contributed by atoms with E-state index in [1.807, 2.05) is 13.0 Å². The van der Waals surface area contributed by atoms with Crippen LogP contribution in [-0.4, -0.2) is 32.7 Å². The zero-order valence-corrected chi connectivity index (χ0v) is 10.4. The van der Waals surface area contributed by atoms with Gasteiger partial charge in [-0.25, -0.2) is 4.31 Å². The molecule has 1 aliphatic heterocycles. The normalized spacial score (nSPS) is 19.3. The van der Waals surface area contributed by atoms with E-state index in [1.54, 1.807) is 17.1 Å². The molecule has 0 spiro atoms. The molecule has 0 aliphatic carbocycles. The molecule has 0 amide bonds. The Morgan fingerprint density at radius 1 is 1.56 bits per heavy atom. The average molecular weight is 276 g/mol. The Morgan fingerprint density at radius 2 is 2.22 bits per heavy atom. The topological polar surface area (TPSA) is 44.9 Å². The molecule has 0 radical (unpaired) electrons. The first-order valence-corrected chi connectivity index (χ1v) is 6.01. The van der Waals surface area contributed by atoms with Crippen molar-refractivity contribution in [3.8, 4) is 6.07 Å². The van der Waals surface area contributed by atoms with E-state index in [9.17, 15) is 13.2 Å². The highest BCUT2D eigenvalue weighted by atomic mass is 32.2. The highest BCUT2D eigenvalue weighted by Gasteiger charge is 2.49. The van der Waals surface area contributed by atoms with E-state index >= 15 is 0 Å². The number of rotatable bonds is 3. The smallest absolute Gasteiger partial charge is 0.263 e. The van der Waals surface area contributed by atoms with Crippen LogP contribution in [0.15, 0.2) is 12.4 Å². The molecule has 2 rings (SSSR count). The summed E-state index contributed by atoms with van der Waals surface area (Å²) in [6, 6.07) is 2.02. The van der Waals surface area contributed by atoms with E-state index in [2.05, 4.69) is 5.10 Å². The van der Waals surface area contributed by atoms with Crippen LogP contribution in [-0.2, 0) is 5.54 Å². The minimum atomic E-state index is -4.28. The molecule has 0 atom stereocenters. The van der Waals surface area contributed by atoms with Crippen LogP contribution in [0.3, 0.4) is 0 Å². The minimum absolute atomic E-state index is 0.144. The summed E-state index contributed by atoms with van der Waals surface area (Å²) in [7, 11) is 0. The molecule has 1 aromatic heterocycles. The lowest BCUT2D eigenvalue weighted by Crippen LogP contribution is -2.60. The van der Waals surface area contributed by atoms with Crippen molar-refractivity contribution in [1.29, 1.82) is 5.26 Å². The predicted molar refractivity (Wildman–Crippen MR) is 60.4 cm³/mol. The van der Waals surface area contributed by atoms with Crippen LogP contribution in [0.1, 0.15) is 12.0 Å². The third-order valence-corrected chi connectivity index (χ3v) is 3.50. The third kappa shape index (κ3) is 2.62. The number of nitrogens with zero attached hydrogens (tertiary/aromatic N) is 4. The Labute approximate surface area is 106 Å². The van der Waals surface area contributed by atoms with Crippen LogP contribution in [0.5, 0.6) is 0 Å². The van der Waals surface area contributed by atoms with Gasteiger partial charge in [0.1, 0.15) is 5.54 Å². The molecular formula is C10H11F3N4S. The van der Waals surface area contributed by atoms with Crippen molar-refractivity contribution in [1.82, 2.24) is 14.1 Å². The van der Waals surface area contributed by atoms with Gasteiger partial charge in [0.25, 0.3) is 0 Å². The molecule has 1 saturated heterocycles. The number of hydrogen-bond acceptors (Lipinski definition) is 4. The molecule has 8 heteroatoms. The fourth-order valence-electron chi connectivity index (χ4n) is 1.98. The molecule has 1 aliphatic rings. The van der Waals surface area contributed by atoms with E-state index < -0.39 is 11.0 Å². The molecular weight excluding hydrogens is 265 g/mol. The van der Waals surface area contributed by atoms with Crippen LogP contribution in [0, 0.1) is 18.3 Å². The number of nitriles is 1. The molecule has 0 unspecified atom stereocenters. The summed E-state index contributed by atoms with van der Waals surface area (Å²) in [6.45, 7) is 2.20. The summed E-state index contributed by atoms with van der Waals surface area (Å²) in [6.07, 6.45) is 3.55. The largest absolute Gasteiger partial charge is 0.456 e. The highest BCUT2D eigenvalue weighted by molar-refractivity contribution is 7.97. The lowest BCUT2D eigenvalue weighted by Gasteiger charge is -2.48. The van der Waals surface area contributed by atoms with Gasteiger partial charge in [-0.05, 0) is 12.5 Å².